The number of hydrogen-bond acceptors (Lipinski definition) is 10. The van der Waals surface area contributed by atoms with E-state index in [1.165, 1.54) is 11.0 Å². The molecule has 0 bridgehead atoms. The van der Waals surface area contributed by atoms with Crippen LogP contribution in [0.25, 0.3) is 0 Å². The van der Waals surface area contributed by atoms with Crippen molar-refractivity contribution in [2.45, 2.75) is 134 Å². The number of allylic oxidation sites excluding steroid dienone is 2. The van der Waals surface area contributed by atoms with Crippen molar-refractivity contribution >= 4 is 45.7 Å². The number of nitrogens with one attached hydrogen (secondary N) is 3. The van der Waals surface area contributed by atoms with E-state index in [2.05, 4.69) is 15.4 Å². The van der Waals surface area contributed by atoms with Crippen LogP contribution in [0, 0.1) is 11.7 Å². The molecule has 2 saturated carbocycles. The number of fused-ring (bicyclic) bond motifs is 1. The highest BCUT2D eigenvalue weighted by molar-refractivity contribution is 7.91. The van der Waals surface area contributed by atoms with E-state index in [0.29, 0.717) is 36.0 Å². The summed E-state index contributed by atoms with van der Waals surface area (Å²) in [5.41, 5.74) is -1.04. The third-order valence-electron chi connectivity index (χ3n) is 10.4. The van der Waals surface area contributed by atoms with Crippen LogP contribution < -0.4 is 15.4 Å². The summed E-state index contributed by atoms with van der Waals surface area (Å²) in [4.78, 5) is 83.6. The quantitative estimate of drug-likeness (QED) is 0.250. The van der Waals surface area contributed by atoms with Gasteiger partial charge in [0, 0.05) is 24.9 Å². The summed E-state index contributed by atoms with van der Waals surface area (Å²) in [7, 11) is -3.94. The second kappa shape index (κ2) is 15.7. The van der Waals surface area contributed by atoms with Crippen molar-refractivity contribution in [1.29, 1.82) is 0 Å². The monoisotopic (exact) mass is 775 g/mol. The van der Waals surface area contributed by atoms with E-state index in [9.17, 15) is 41.6 Å². The van der Waals surface area contributed by atoms with E-state index in [4.69, 9.17) is 9.47 Å². The number of sulfonamides is 1. The van der Waals surface area contributed by atoms with Crippen molar-refractivity contribution in [2.75, 3.05) is 6.54 Å². The van der Waals surface area contributed by atoms with Gasteiger partial charge in [-0.05, 0) is 83.4 Å². The zero-order valence-corrected chi connectivity index (χ0v) is 32.3. The predicted octanol–water partition coefficient (Wildman–Crippen LogP) is 3.35. The number of rotatable bonds is 13. The number of ketones is 1. The Morgan fingerprint density at radius 1 is 1.11 bits per heavy atom. The zero-order valence-electron chi connectivity index (χ0n) is 31.5. The van der Waals surface area contributed by atoms with Crippen molar-refractivity contribution in [3.05, 3.63) is 46.8 Å². The van der Waals surface area contributed by atoms with Crippen LogP contribution in [0.2, 0.25) is 0 Å². The number of Topliss-reactive ketones (excluding diaryl/α,β-unsaturated/α-hetero) is 1. The average molecular weight is 776 g/mol. The second-order valence-electron chi connectivity index (χ2n) is 15.6. The lowest BCUT2D eigenvalue weighted by Gasteiger charge is -2.30. The number of likely N-dealkylation sites (tertiary alicyclic amines) is 1. The van der Waals surface area contributed by atoms with Gasteiger partial charge in [-0.25, -0.2) is 22.4 Å². The largest absolute Gasteiger partial charge is 0.444 e. The first-order chi connectivity index (χ1) is 25.3. The lowest BCUT2D eigenvalue weighted by atomic mass is 10.0. The van der Waals surface area contributed by atoms with Gasteiger partial charge in [0.15, 0.2) is 5.78 Å². The van der Waals surface area contributed by atoms with E-state index in [-0.39, 0.29) is 57.0 Å². The minimum atomic E-state index is -3.94. The van der Waals surface area contributed by atoms with E-state index in [0.717, 1.165) is 4.90 Å². The van der Waals surface area contributed by atoms with Gasteiger partial charge in [0.2, 0.25) is 21.8 Å². The van der Waals surface area contributed by atoms with E-state index < -0.39 is 80.3 Å². The Kier molecular flexibility index (Phi) is 11.8. The molecule has 1 unspecified atom stereocenters. The average Bonchev–Trinajstić information content (AvgIpc) is 3.99. The van der Waals surface area contributed by atoms with Crippen LogP contribution in [0.1, 0.15) is 97.6 Å². The molecule has 0 radical (unpaired) electrons. The lowest BCUT2D eigenvalue weighted by Crippen LogP contribution is -2.58. The molecule has 0 spiro atoms. The smallest absolute Gasteiger partial charge is 0.410 e. The fourth-order valence-corrected chi connectivity index (χ4v) is 8.30. The van der Waals surface area contributed by atoms with Crippen molar-refractivity contribution in [1.82, 2.24) is 25.2 Å². The molecule has 4 aliphatic rings. The topological polar surface area (TPSA) is 198 Å². The normalized spacial score (nSPS) is 24.3. The number of ether oxygens (including phenoxy) is 2. The number of benzene rings is 1. The molecule has 0 aromatic heterocycles. The van der Waals surface area contributed by atoms with Crippen LogP contribution in [-0.2, 0) is 51.8 Å². The summed E-state index contributed by atoms with van der Waals surface area (Å²) in [5, 5.41) is 4.59. The Labute approximate surface area is 314 Å². The van der Waals surface area contributed by atoms with Crippen LogP contribution >= 0.6 is 0 Å². The summed E-state index contributed by atoms with van der Waals surface area (Å²) >= 11 is 0. The number of carbonyl (C=O) groups is 6. The first-order valence-corrected chi connectivity index (χ1v) is 19.9. The van der Waals surface area contributed by atoms with Gasteiger partial charge in [-0.15, -0.1) is 0 Å². The van der Waals surface area contributed by atoms with Crippen LogP contribution in [0.15, 0.2) is 29.8 Å². The Balaban J connectivity index is 1.39. The Bertz CT molecular complexity index is 1840. The first kappa shape index (κ1) is 40.6. The summed E-state index contributed by atoms with van der Waals surface area (Å²) in [6.07, 6.45) is -0.170. The number of nitrogens with zero attached hydrogens (tertiary/aromatic N) is 2. The molecular formula is C37H50FN5O10S. The molecule has 5 rings (SSSR count). The molecule has 1 aromatic rings. The van der Waals surface area contributed by atoms with E-state index in [1.54, 1.807) is 59.8 Å². The maximum atomic E-state index is 14.4. The van der Waals surface area contributed by atoms with Crippen LogP contribution in [0.3, 0.4) is 0 Å². The minimum Gasteiger partial charge on any atom is -0.444 e. The molecule has 54 heavy (non-hydrogen) atoms. The molecule has 2 aliphatic heterocycles. The molecule has 1 aromatic carbocycles. The lowest BCUT2D eigenvalue weighted by molar-refractivity contribution is -0.141. The van der Waals surface area contributed by atoms with Crippen molar-refractivity contribution in [3.8, 4) is 0 Å². The molecule has 15 nitrogen and oxygen atoms in total. The highest BCUT2D eigenvalue weighted by atomic mass is 32.2. The molecule has 3 N–H and O–H groups in total. The number of carbonyl (C=O) groups excluding carboxylic acids is 6. The first-order valence-electron chi connectivity index (χ1n) is 18.3. The molecule has 17 heteroatoms. The van der Waals surface area contributed by atoms with Gasteiger partial charge in [0.05, 0.1) is 18.3 Å². The van der Waals surface area contributed by atoms with Gasteiger partial charge in [-0.1, -0.05) is 31.6 Å². The minimum absolute atomic E-state index is 0.0402. The fourth-order valence-electron chi connectivity index (χ4n) is 6.94. The van der Waals surface area contributed by atoms with Gasteiger partial charge in [-0.2, -0.15) is 0 Å². The maximum absolute atomic E-state index is 14.4. The fraction of sp³-hybridized carbons (Fsp3) is 0.622. The van der Waals surface area contributed by atoms with Crippen molar-refractivity contribution in [2.24, 2.45) is 5.92 Å². The molecule has 2 aliphatic carbocycles. The second-order valence-corrected chi connectivity index (χ2v) is 17.5. The molecule has 2 heterocycles. The van der Waals surface area contributed by atoms with Gasteiger partial charge >= 0.3 is 12.2 Å². The molecular weight excluding hydrogens is 725 g/mol. The Morgan fingerprint density at radius 2 is 1.81 bits per heavy atom. The molecule has 5 atom stereocenters. The predicted molar refractivity (Wildman–Crippen MR) is 192 cm³/mol. The van der Waals surface area contributed by atoms with Gasteiger partial charge < -0.3 is 25.0 Å². The van der Waals surface area contributed by atoms with Crippen molar-refractivity contribution < 1.29 is 51.0 Å². The highest BCUT2D eigenvalue weighted by Crippen LogP contribution is 2.47. The third-order valence-corrected chi connectivity index (χ3v) is 12.2. The number of halogens is 1. The Hall–Kier alpha value is -4.54. The maximum Gasteiger partial charge on any atom is 0.410 e. The summed E-state index contributed by atoms with van der Waals surface area (Å²) < 4.78 is 53.1. The molecule has 296 valence electrons. The van der Waals surface area contributed by atoms with E-state index in [1.807, 2.05) is 0 Å². The number of amides is 5. The van der Waals surface area contributed by atoms with Crippen LogP contribution in [0.5, 0.6) is 0 Å². The summed E-state index contributed by atoms with van der Waals surface area (Å²) in [5.74, 6) is -3.52. The zero-order chi connectivity index (χ0) is 39.7. The van der Waals surface area contributed by atoms with Gasteiger partial charge in [0.1, 0.15) is 35.1 Å². The molecule has 1 saturated heterocycles. The van der Waals surface area contributed by atoms with E-state index >= 15 is 0 Å². The SMILES string of the molecule is C/C=C(\C)C(=O)CC[C@H](NC(=O)OC(C)(C)C)C(=O)N1C[C@H](OC(=O)N2Cc3cccc(F)c3C2)CC1C(=O)N[C@]1(C(=O)NS(=O)(=O)C2CC2)C[C@H]1CC. The van der Waals surface area contributed by atoms with Gasteiger partial charge in [-0.3, -0.25) is 28.8 Å². The Morgan fingerprint density at radius 3 is 2.41 bits per heavy atom. The highest BCUT2D eigenvalue weighted by Gasteiger charge is 2.62. The third kappa shape index (κ3) is 9.21. The standard InChI is InChI=1S/C37H50FN5O10S/c1-7-21(3)30(44)15-14-28(39-34(48)53-36(4,5)6)32(46)43-19-24(52-35(49)42-18-22-10-9-11-27(38)26(22)20-42)16-29(43)31(45)40-37(17-23(37)8-2)33(47)41-54(50,51)25-12-13-25/h7,9-11,23-25,28-29H,8,12-20H2,1-6H3,(H,39,48)(H,40,45)(H,41,47)/b21-7+/t23-,24-,28+,29?,37-/m1/s1. The van der Waals surface area contributed by atoms with Crippen LogP contribution in [-0.4, -0.2) is 95.0 Å². The molecule has 5 amide bonds. The number of hydrogen-bond donors (Lipinski definition) is 3. The van der Waals surface area contributed by atoms with Crippen molar-refractivity contribution in [3.63, 3.8) is 0 Å². The summed E-state index contributed by atoms with van der Waals surface area (Å²) in [6, 6.07) is 1.86. The summed E-state index contributed by atoms with van der Waals surface area (Å²) in [6.45, 7) is 9.78. The molecule has 3 fully saturated rings. The van der Waals surface area contributed by atoms with Gasteiger partial charge in [0.25, 0.3) is 5.91 Å². The number of alkyl carbamates (subject to hydrolysis) is 1. The van der Waals surface area contributed by atoms with Crippen LogP contribution in [0.4, 0.5) is 14.0 Å².